The molecule has 2 N–H and O–H groups in total. The number of rotatable bonds is 7. The van der Waals surface area contributed by atoms with Crippen molar-refractivity contribution in [2.45, 2.75) is 18.0 Å². The molecule has 0 saturated carbocycles. The van der Waals surface area contributed by atoms with Gasteiger partial charge in [0.15, 0.2) is 0 Å². The summed E-state index contributed by atoms with van der Waals surface area (Å²) in [6, 6.07) is 17.3. The van der Waals surface area contributed by atoms with E-state index in [2.05, 4.69) is 20.5 Å². The standard InChI is InChI=1S/C22H21N5O2S/c28-20(23-17-8-4-9-18(14-17)27-13-5-10-21(27)29)15-30-22-24-19(25-26-22)12-11-16-6-2-1-3-7-16/h1-4,6-9,11-12,14H,5,10,13,15H2,(H,23,28)(H,24,25,26)/b12-11+. The van der Waals surface area contributed by atoms with Crippen LogP contribution >= 0.6 is 11.8 Å². The lowest BCUT2D eigenvalue weighted by Gasteiger charge is -2.16. The summed E-state index contributed by atoms with van der Waals surface area (Å²) < 4.78 is 0. The van der Waals surface area contributed by atoms with E-state index in [1.54, 1.807) is 4.90 Å². The molecule has 1 saturated heterocycles. The molecule has 152 valence electrons. The van der Waals surface area contributed by atoms with E-state index >= 15 is 0 Å². The quantitative estimate of drug-likeness (QED) is 0.568. The van der Waals surface area contributed by atoms with Gasteiger partial charge in [-0.15, -0.1) is 5.10 Å². The number of aromatic amines is 1. The smallest absolute Gasteiger partial charge is 0.234 e. The van der Waals surface area contributed by atoms with E-state index in [9.17, 15) is 9.59 Å². The maximum absolute atomic E-state index is 12.3. The van der Waals surface area contributed by atoms with Crippen LogP contribution in [-0.4, -0.2) is 39.3 Å². The highest BCUT2D eigenvalue weighted by Crippen LogP contribution is 2.24. The molecule has 0 radical (unpaired) electrons. The Balaban J connectivity index is 1.30. The van der Waals surface area contributed by atoms with E-state index in [0.717, 1.165) is 24.2 Å². The number of amides is 2. The monoisotopic (exact) mass is 419 g/mol. The number of benzene rings is 2. The Morgan fingerprint density at radius 1 is 1.17 bits per heavy atom. The number of carbonyl (C=O) groups excluding carboxylic acids is 2. The third kappa shape index (κ3) is 5.15. The van der Waals surface area contributed by atoms with Crippen molar-refractivity contribution in [3.8, 4) is 0 Å². The third-order valence-corrected chi connectivity index (χ3v) is 5.41. The number of aromatic nitrogens is 3. The van der Waals surface area contributed by atoms with Crippen LogP contribution in [-0.2, 0) is 9.59 Å². The van der Waals surface area contributed by atoms with E-state index in [-0.39, 0.29) is 17.6 Å². The average molecular weight is 420 g/mol. The Bertz CT molecular complexity index is 1060. The van der Waals surface area contributed by atoms with Crippen LogP contribution in [0.15, 0.2) is 59.8 Å². The number of thioether (sulfide) groups is 1. The second-order valence-corrected chi connectivity index (χ2v) is 7.73. The zero-order valence-electron chi connectivity index (χ0n) is 16.2. The minimum atomic E-state index is -0.156. The lowest BCUT2D eigenvalue weighted by atomic mass is 10.2. The van der Waals surface area contributed by atoms with Crippen molar-refractivity contribution in [2.24, 2.45) is 0 Å². The van der Waals surface area contributed by atoms with Crippen molar-refractivity contribution < 1.29 is 9.59 Å². The normalized spacial score (nSPS) is 13.9. The van der Waals surface area contributed by atoms with E-state index in [4.69, 9.17) is 0 Å². The highest BCUT2D eigenvalue weighted by Gasteiger charge is 2.21. The summed E-state index contributed by atoms with van der Waals surface area (Å²) in [5, 5.41) is 10.4. The van der Waals surface area contributed by atoms with Crippen LogP contribution in [0, 0.1) is 0 Å². The Hall–Kier alpha value is -3.39. The number of hydrogen-bond donors (Lipinski definition) is 2. The fourth-order valence-electron chi connectivity index (χ4n) is 3.14. The van der Waals surface area contributed by atoms with Gasteiger partial charge in [-0.2, -0.15) is 0 Å². The van der Waals surface area contributed by atoms with Gasteiger partial charge >= 0.3 is 0 Å². The van der Waals surface area contributed by atoms with Crippen LogP contribution in [0.5, 0.6) is 0 Å². The Labute approximate surface area is 178 Å². The first-order valence-electron chi connectivity index (χ1n) is 9.66. The van der Waals surface area contributed by atoms with E-state index in [1.165, 1.54) is 11.8 Å². The first kappa shape index (κ1) is 19.9. The van der Waals surface area contributed by atoms with Crippen molar-refractivity contribution in [1.29, 1.82) is 0 Å². The van der Waals surface area contributed by atoms with Gasteiger partial charge in [-0.1, -0.05) is 54.2 Å². The van der Waals surface area contributed by atoms with Gasteiger partial charge in [-0.25, -0.2) is 4.98 Å². The SMILES string of the molecule is O=C(CSc1n[nH]c(/C=C/c2ccccc2)n1)Nc1cccc(N2CCCC2=O)c1. The predicted octanol–water partition coefficient (Wildman–Crippen LogP) is 3.83. The van der Waals surface area contributed by atoms with Crippen LogP contribution in [0.25, 0.3) is 12.2 Å². The third-order valence-electron chi connectivity index (χ3n) is 4.56. The predicted molar refractivity (Wildman–Crippen MR) is 119 cm³/mol. The molecule has 1 aliphatic heterocycles. The molecule has 8 heteroatoms. The zero-order chi connectivity index (χ0) is 20.8. The summed E-state index contributed by atoms with van der Waals surface area (Å²) in [6.07, 6.45) is 5.23. The second kappa shape index (κ2) is 9.41. The van der Waals surface area contributed by atoms with Crippen molar-refractivity contribution >= 4 is 47.1 Å². The topological polar surface area (TPSA) is 91.0 Å². The fourth-order valence-corrected chi connectivity index (χ4v) is 3.74. The van der Waals surface area contributed by atoms with Crippen LogP contribution in [0.3, 0.4) is 0 Å². The molecule has 4 rings (SSSR count). The lowest BCUT2D eigenvalue weighted by molar-refractivity contribution is -0.117. The maximum Gasteiger partial charge on any atom is 0.234 e. The fraction of sp³-hybridized carbons (Fsp3) is 0.182. The van der Waals surface area contributed by atoms with Gasteiger partial charge in [-0.05, 0) is 36.3 Å². The molecule has 1 aliphatic rings. The molecule has 30 heavy (non-hydrogen) atoms. The Morgan fingerprint density at radius 2 is 2.03 bits per heavy atom. The number of nitrogens with one attached hydrogen (secondary N) is 2. The average Bonchev–Trinajstić information content (AvgIpc) is 3.40. The summed E-state index contributed by atoms with van der Waals surface area (Å²) in [5.41, 5.74) is 2.55. The van der Waals surface area contributed by atoms with Crippen molar-refractivity contribution in [2.75, 3.05) is 22.5 Å². The van der Waals surface area contributed by atoms with E-state index in [0.29, 0.717) is 23.1 Å². The largest absolute Gasteiger partial charge is 0.325 e. The van der Waals surface area contributed by atoms with Gasteiger partial charge in [0.25, 0.3) is 0 Å². The summed E-state index contributed by atoms with van der Waals surface area (Å²) >= 11 is 1.26. The molecule has 2 aromatic carbocycles. The highest BCUT2D eigenvalue weighted by molar-refractivity contribution is 7.99. The molecule has 1 aromatic heterocycles. The molecule has 0 bridgehead atoms. The first-order valence-corrected chi connectivity index (χ1v) is 10.6. The van der Waals surface area contributed by atoms with Gasteiger partial charge in [-0.3, -0.25) is 14.7 Å². The van der Waals surface area contributed by atoms with Crippen molar-refractivity contribution in [1.82, 2.24) is 15.2 Å². The van der Waals surface area contributed by atoms with Crippen LogP contribution in [0.4, 0.5) is 11.4 Å². The van der Waals surface area contributed by atoms with Gasteiger partial charge in [0.1, 0.15) is 5.82 Å². The van der Waals surface area contributed by atoms with E-state index < -0.39 is 0 Å². The number of H-pyrrole nitrogens is 1. The molecule has 3 aromatic rings. The molecule has 0 spiro atoms. The second-order valence-electron chi connectivity index (χ2n) is 6.78. The number of nitrogens with zero attached hydrogens (tertiary/aromatic N) is 3. The Morgan fingerprint density at radius 3 is 2.83 bits per heavy atom. The highest BCUT2D eigenvalue weighted by atomic mass is 32.2. The van der Waals surface area contributed by atoms with Gasteiger partial charge < -0.3 is 10.2 Å². The lowest BCUT2D eigenvalue weighted by Crippen LogP contribution is -2.23. The minimum absolute atomic E-state index is 0.121. The number of anilines is 2. The van der Waals surface area contributed by atoms with Gasteiger partial charge in [0, 0.05) is 24.3 Å². The summed E-state index contributed by atoms with van der Waals surface area (Å²) in [5.74, 6) is 0.781. The molecule has 0 aliphatic carbocycles. The summed E-state index contributed by atoms with van der Waals surface area (Å²) in [7, 11) is 0. The molecule has 0 atom stereocenters. The molecule has 7 nitrogen and oxygen atoms in total. The molecular formula is C22H21N5O2S. The minimum Gasteiger partial charge on any atom is -0.325 e. The summed E-state index contributed by atoms with van der Waals surface area (Å²) in [4.78, 5) is 30.3. The molecule has 0 unspecified atom stereocenters. The zero-order valence-corrected chi connectivity index (χ0v) is 17.1. The maximum atomic E-state index is 12.3. The molecule has 1 fully saturated rings. The van der Waals surface area contributed by atoms with Crippen molar-refractivity contribution in [3.63, 3.8) is 0 Å². The molecular weight excluding hydrogens is 398 g/mol. The van der Waals surface area contributed by atoms with Crippen LogP contribution in [0.2, 0.25) is 0 Å². The Kier molecular flexibility index (Phi) is 6.24. The van der Waals surface area contributed by atoms with Gasteiger partial charge in [0.05, 0.1) is 5.75 Å². The van der Waals surface area contributed by atoms with Crippen LogP contribution < -0.4 is 10.2 Å². The van der Waals surface area contributed by atoms with Crippen LogP contribution in [0.1, 0.15) is 24.2 Å². The molecule has 2 heterocycles. The first-order chi connectivity index (χ1) is 14.7. The van der Waals surface area contributed by atoms with Gasteiger partial charge in [0.2, 0.25) is 17.0 Å². The molecule has 2 amide bonds. The number of carbonyl (C=O) groups is 2. The van der Waals surface area contributed by atoms with Crippen molar-refractivity contribution in [3.05, 3.63) is 66.0 Å². The summed E-state index contributed by atoms with van der Waals surface area (Å²) in [6.45, 7) is 0.720. The van der Waals surface area contributed by atoms with E-state index in [1.807, 2.05) is 66.7 Å². The number of hydrogen-bond acceptors (Lipinski definition) is 5.